The molecule has 1 saturated carbocycles. The first-order valence-corrected chi connectivity index (χ1v) is 10.8. The molecule has 2 rings (SSSR count). The predicted octanol–water partition coefficient (Wildman–Crippen LogP) is 2.66. The minimum absolute atomic E-state index is 0.149. The maximum Gasteiger partial charge on any atom is 0.251 e. The number of carbonyl (C=O) groups is 1. The molecule has 0 spiro atoms. The van der Waals surface area contributed by atoms with Crippen molar-refractivity contribution in [1.82, 2.24) is 16.0 Å². The highest BCUT2D eigenvalue weighted by Crippen LogP contribution is 2.41. The van der Waals surface area contributed by atoms with Crippen molar-refractivity contribution in [1.29, 1.82) is 0 Å². The first-order valence-electron chi connectivity index (χ1n) is 10.8. The highest BCUT2D eigenvalue weighted by Gasteiger charge is 2.33. The van der Waals surface area contributed by atoms with Crippen LogP contribution in [-0.4, -0.2) is 56.4 Å². The van der Waals surface area contributed by atoms with Crippen LogP contribution >= 0.6 is 0 Å². The van der Waals surface area contributed by atoms with Crippen molar-refractivity contribution in [2.45, 2.75) is 46.0 Å². The van der Waals surface area contributed by atoms with Crippen molar-refractivity contribution < 1.29 is 14.6 Å². The summed E-state index contributed by atoms with van der Waals surface area (Å²) in [5.41, 5.74) is 0.783. The Hall–Kier alpha value is -2.28. The fraction of sp³-hybridized carbons (Fsp3) is 0.636. The molecule has 1 aliphatic rings. The Labute approximate surface area is 174 Å². The number of hydrogen-bond acceptors (Lipinski definition) is 4. The van der Waals surface area contributed by atoms with Crippen LogP contribution in [-0.2, 0) is 4.74 Å². The number of nitrogens with one attached hydrogen (secondary N) is 3. The van der Waals surface area contributed by atoms with E-state index in [1.807, 2.05) is 13.8 Å². The first kappa shape index (κ1) is 23.0. The van der Waals surface area contributed by atoms with Crippen LogP contribution in [0.1, 0.15) is 56.3 Å². The maximum absolute atomic E-state index is 12.1. The molecule has 0 aliphatic heterocycles. The van der Waals surface area contributed by atoms with Crippen LogP contribution in [0.25, 0.3) is 0 Å². The van der Waals surface area contributed by atoms with E-state index < -0.39 is 0 Å². The Morgan fingerprint density at radius 3 is 2.45 bits per heavy atom. The quantitative estimate of drug-likeness (QED) is 0.258. The van der Waals surface area contributed by atoms with E-state index in [0.717, 1.165) is 38.7 Å². The van der Waals surface area contributed by atoms with E-state index in [2.05, 4.69) is 16.0 Å². The molecule has 1 aliphatic carbocycles. The summed E-state index contributed by atoms with van der Waals surface area (Å²) in [5.74, 6) is 0.777. The van der Waals surface area contributed by atoms with Gasteiger partial charge in [0.25, 0.3) is 5.91 Å². The Morgan fingerprint density at radius 1 is 1.10 bits per heavy atom. The number of carbonyl (C=O) groups excluding carboxylic acids is 1. The molecule has 1 aromatic carbocycles. The second-order valence-electron chi connectivity index (χ2n) is 7.58. The molecule has 29 heavy (non-hydrogen) atoms. The highest BCUT2D eigenvalue weighted by atomic mass is 16.5. The zero-order valence-corrected chi connectivity index (χ0v) is 17.8. The third-order valence-corrected chi connectivity index (χ3v) is 5.39. The molecular formula is C22H36N4O3. The van der Waals surface area contributed by atoms with Crippen LogP contribution in [0.2, 0.25) is 0 Å². The fourth-order valence-electron chi connectivity index (χ4n) is 3.71. The summed E-state index contributed by atoms with van der Waals surface area (Å²) >= 11 is 0. The Kier molecular flexibility index (Phi) is 9.77. The van der Waals surface area contributed by atoms with Gasteiger partial charge in [-0.15, -0.1) is 0 Å². The fourth-order valence-corrected chi connectivity index (χ4v) is 3.71. The topological polar surface area (TPSA) is 95.0 Å². The zero-order valence-electron chi connectivity index (χ0n) is 17.8. The molecule has 0 bridgehead atoms. The molecule has 1 fully saturated rings. The lowest BCUT2D eigenvalue weighted by Crippen LogP contribution is -2.42. The van der Waals surface area contributed by atoms with Crippen LogP contribution < -0.4 is 16.0 Å². The monoisotopic (exact) mass is 404 g/mol. The molecule has 162 valence electrons. The number of nitrogens with zero attached hydrogens (tertiary/aromatic N) is 1. The van der Waals surface area contributed by atoms with E-state index in [1.54, 1.807) is 12.1 Å². The molecule has 1 aromatic rings. The number of benzene rings is 1. The summed E-state index contributed by atoms with van der Waals surface area (Å²) in [5, 5.41) is 18.8. The zero-order chi connectivity index (χ0) is 21.0. The van der Waals surface area contributed by atoms with Crippen molar-refractivity contribution in [3.05, 3.63) is 29.8 Å². The van der Waals surface area contributed by atoms with Gasteiger partial charge >= 0.3 is 0 Å². The summed E-state index contributed by atoms with van der Waals surface area (Å²) in [6.07, 6.45) is 6.04. The molecule has 0 atom stereocenters. The highest BCUT2D eigenvalue weighted by molar-refractivity contribution is 5.94. The molecule has 0 radical (unpaired) electrons. The maximum atomic E-state index is 12.1. The van der Waals surface area contributed by atoms with Gasteiger partial charge in [-0.25, -0.2) is 0 Å². The number of rotatable bonds is 11. The van der Waals surface area contributed by atoms with Crippen LogP contribution in [0.4, 0.5) is 0 Å². The van der Waals surface area contributed by atoms with E-state index in [1.165, 1.54) is 37.8 Å². The minimum atomic E-state index is -0.158. The standard InChI is InChI=1S/C22H36N4O3/c1-3-23-21(26-17-22(11-5-6-12-22)13-16-29-4-2)25-15-14-24-20(28)18-7-9-19(27)10-8-18/h7-10,27H,3-6,11-17H2,1-2H3,(H,24,28)(H2,23,25,26). The summed E-state index contributed by atoms with van der Waals surface area (Å²) in [6, 6.07) is 6.22. The lowest BCUT2D eigenvalue weighted by atomic mass is 9.83. The van der Waals surface area contributed by atoms with Gasteiger partial charge in [-0.05, 0) is 62.8 Å². The van der Waals surface area contributed by atoms with E-state index in [9.17, 15) is 9.90 Å². The van der Waals surface area contributed by atoms with E-state index in [0.29, 0.717) is 18.7 Å². The van der Waals surface area contributed by atoms with Crippen molar-refractivity contribution in [3.8, 4) is 5.75 Å². The van der Waals surface area contributed by atoms with Gasteiger partial charge in [-0.3, -0.25) is 9.79 Å². The van der Waals surface area contributed by atoms with Gasteiger partial charge in [0.1, 0.15) is 5.75 Å². The Morgan fingerprint density at radius 2 is 1.79 bits per heavy atom. The molecule has 0 saturated heterocycles. The second kappa shape index (κ2) is 12.3. The summed E-state index contributed by atoms with van der Waals surface area (Å²) in [7, 11) is 0. The van der Waals surface area contributed by atoms with Gasteiger partial charge in [0.15, 0.2) is 5.96 Å². The SMILES string of the molecule is CCNC(=NCC1(CCOCC)CCCC1)NCCNC(=O)c1ccc(O)cc1. The van der Waals surface area contributed by atoms with Crippen LogP contribution in [0.3, 0.4) is 0 Å². The molecule has 1 amide bonds. The number of phenols is 1. The van der Waals surface area contributed by atoms with Crippen molar-refractivity contribution in [3.63, 3.8) is 0 Å². The molecule has 0 unspecified atom stereocenters. The van der Waals surface area contributed by atoms with Crippen LogP contribution in [0.15, 0.2) is 29.3 Å². The summed E-state index contributed by atoms with van der Waals surface area (Å²) in [4.78, 5) is 16.9. The van der Waals surface area contributed by atoms with Crippen LogP contribution in [0, 0.1) is 5.41 Å². The molecule has 7 nitrogen and oxygen atoms in total. The van der Waals surface area contributed by atoms with E-state index in [-0.39, 0.29) is 17.1 Å². The number of hydrogen-bond donors (Lipinski definition) is 4. The van der Waals surface area contributed by atoms with Crippen LogP contribution in [0.5, 0.6) is 5.75 Å². The van der Waals surface area contributed by atoms with Gasteiger partial charge in [0.05, 0.1) is 0 Å². The number of guanidine groups is 1. The van der Waals surface area contributed by atoms with Gasteiger partial charge < -0.3 is 25.8 Å². The van der Waals surface area contributed by atoms with Crippen molar-refractivity contribution in [2.75, 3.05) is 39.4 Å². The number of aliphatic imine (C=N–C) groups is 1. The third-order valence-electron chi connectivity index (χ3n) is 5.39. The van der Waals surface area contributed by atoms with E-state index >= 15 is 0 Å². The predicted molar refractivity (Wildman–Crippen MR) is 116 cm³/mol. The van der Waals surface area contributed by atoms with Gasteiger partial charge in [-0.2, -0.15) is 0 Å². The van der Waals surface area contributed by atoms with Crippen molar-refractivity contribution >= 4 is 11.9 Å². The smallest absolute Gasteiger partial charge is 0.251 e. The lowest BCUT2D eigenvalue weighted by molar-refractivity contribution is 0.0954. The largest absolute Gasteiger partial charge is 0.508 e. The number of amides is 1. The summed E-state index contributed by atoms with van der Waals surface area (Å²) in [6.45, 7) is 8.31. The molecule has 4 N–H and O–H groups in total. The normalized spacial score (nSPS) is 15.9. The number of aromatic hydroxyl groups is 1. The second-order valence-corrected chi connectivity index (χ2v) is 7.58. The molecular weight excluding hydrogens is 368 g/mol. The van der Waals surface area contributed by atoms with Gasteiger partial charge in [0.2, 0.25) is 0 Å². The molecule has 0 aromatic heterocycles. The number of ether oxygens (including phenoxy) is 1. The van der Waals surface area contributed by atoms with Gasteiger partial charge in [0, 0.05) is 45.0 Å². The third kappa shape index (κ3) is 7.93. The average molecular weight is 405 g/mol. The van der Waals surface area contributed by atoms with Crippen molar-refractivity contribution in [2.24, 2.45) is 10.4 Å². The first-order chi connectivity index (χ1) is 14.1. The summed E-state index contributed by atoms with van der Waals surface area (Å²) < 4.78 is 5.59. The molecule has 0 heterocycles. The van der Waals surface area contributed by atoms with Gasteiger partial charge in [-0.1, -0.05) is 12.8 Å². The minimum Gasteiger partial charge on any atom is -0.508 e. The van der Waals surface area contributed by atoms with E-state index in [4.69, 9.17) is 9.73 Å². The molecule has 7 heteroatoms. The average Bonchev–Trinajstić information content (AvgIpc) is 3.19. The Bertz CT molecular complexity index is 640. The number of phenolic OH excluding ortho intramolecular Hbond substituents is 1. The Balaban J connectivity index is 1.80. The lowest BCUT2D eigenvalue weighted by Gasteiger charge is -2.27.